The number of allylic oxidation sites excluding steroid dienone is 4. The average molecular weight is 786 g/mol. The molecule has 2 bridgehead atoms. The van der Waals surface area contributed by atoms with Gasteiger partial charge in [-0.1, -0.05) is 80.6 Å². The number of Topliss-reactive ketones (excluding diaryl/α,β-unsaturated/α-hetero) is 1. The van der Waals surface area contributed by atoms with Crippen molar-refractivity contribution in [3.05, 3.63) is 117 Å². The smallest absolute Gasteiger partial charge is 0.227 e. The highest BCUT2D eigenvalue weighted by molar-refractivity contribution is 7.14. The molecule has 6 aliphatic carbocycles. The quantitative estimate of drug-likeness (QED) is 0.123. The van der Waals surface area contributed by atoms with Crippen LogP contribution in [-0.2, 0) is 17.8 Å². The standard InChI is InChI=1S/C49H55NO6S/c1-31-13-16-40(57-31)44(53)37-28-47-23-24-49(37)41(45(47,2)20-17-35(51)27-47)18-21-46(3)42(49)19-22-48(46,54)30-50(29-34-11-8-10-33-9-6-7-12-36(33)34)43(52)26-32-14-15-38(55-4)39(25-32)56-5/h6-16,23-25,28,35,41-42,51,54H,17-22,26-27,29-30H2,1-5H3/t35?,41-,42-,45-,46+,47+,48-,49-/m1/s1. The number of aliphatic hydroxyl groups is 2. The SMILES string of the molecule is COc1ccc(CC(=O)N(Cc2cccc3ccccc23)C[C@]2(O)CC[C@H]3[C@]45C=C[C@@]6(C=C4C(=O)c4ccc(C)s4)CC(O)CC[C@]6(C)[C@H]5CC[C@@]32C)cc1OC. The zero-order chi connectivity index (χ0) is 40.0. The minimum absolute atomic E-state index is 0.0106. The Morgan fingerprint density at radius 2 is 1.60 bits per heavy atom. The molecule has 8 heteroatoms. The Hall–Kier alpha value is -4.24. The second-order valence-corrected chi connectivity index (χ2v) is 19.6. The van der Waals surface area contributed by atoms with Crippen molar-refractivity contribution in [2.24, 2.45) is 33.5 Å². The number of thiophene rings is 1. The molecule has 57 heavy (non-hydrogen) atoms. The van der Waals surface area contributed by atoms with Gasteiger partial charge in [0.25, 0.3) is 0 Å². The number of carbonyl (C=O) groups excluding carboxylic acids is 2. The Balaban J connectivity index is 1.11. The fourth-order valence-corrected chi connectivity index (χ4v) is 13.6. The van der Waals surface area contributed by atoms with E-state index in [4.69, 9.17) is 9.47 Å². The largest absolute Gasteiger partial charge is 0.493 e. The summed E-state index contributed by atoms with van der Waals surface area (Å²) in [5.74, 6) is 1.38. The highest BCUT2D eigenvalue weighted by Crippen LogP contribution is 2.78. The van der Waals surface area contributed by atoms with Gasteiger partial charge in [0.1, 0.15) is 0 Å². The molecule has 0 aliphatic heterocycles. The maximum atomic E-state index is 14.9. The molecule has 6 aliphatic rings. The number of aliphatic hydroxyl groups excluding tert-OH is 1. The van der Waals surface area contributed by atoms with Crippen LogP contribution in [0.25, 0.3) is 10.8 Å². The van der Waals surface area contributed by atoms with Crippen molar-refractivity contribution in [3.63, 3.8) is 0 Å². The van der Waals surface area contributed by atoms with Crippen molar-refractivity contribution in [2.45, 2.75) is 90.4 Å². The van der Waals surface area contributed by atoms with Gasteiger partial charge in [-0.3, -0.25) is 9.59 Å². The molecule has 2 spiro atoms. The Bertz CT molecular complexity index is 2320. The molecule has 1 aromatic heterocycles. The summed E-state index contributed by atoms with van der Waals surface area (Å²) in [4.78, 5) is 33.4. The molecule has 3 saturated carbocycles. The molecule has 0 radical (unpaired) electrons. The summed E-state index contributed by atoms with van der Waals surface area (Å²) >= 11 is 1.55. The molecule has 0 saturated heterocycles. The number of benzene rings is 3. The Morgan fingerprint density at radius 1 is 0.860 bits per heavy atom. The van der Waals surface area contributed by atoms with E-state index in [1.54, 1.807) is 25.6 Å². The molecule has 10 rings (SSSR count). The predicted molar refractivity (Wildman–Crippen MR) is 225 cm³/mol. The summed E-state index contributed by atoms with van der Waals surface area (Å²) in [6.07, 6.45) is 12.0. The van der Waals surface area contributed by atoms with Gasteiger partial charge in [0, 0.05) is 33.2 Å². The minimum atomic E-state index is -1.20. The van der Waals surface area contributed by atoms with Crippen LogP contribution >= 0.6 is 11.3 Å². The van der Waals surface area contributed by atoms with Crippen LogP contribution in [0.5, 0.6) is 11.5 Å². The normalized spacial score (nSPS) is 33.6. The summed E-state index contributed by atoms with van der Waals surface area (Å²) in [5, 5.41) is 26.7. The number of fused-ring (bicyclic) bond motifs is 2. The van der Waals surface area contributed by atoms with Crippen molar-refractivity contribution in [3.8, 4) is 11.5 Å². The van der Waals surface area contributed by atoms with E-state index in [-0.39, 0.29) is 47.3 Å². The maximum absolute atomic E-state index is 14.9. The first-order chi connectivity index (χ1) is 27.3. The summed E-state index contributed by atoms with van der Waals surface area (Å²) in [6.45, 7) is 7.25. The van der Waals surface area contributed by atoms with Gasteiger partial charge < -0.3 is 24.6 Å². The van der Waals surface area contributed by atoms with E-state index >= 15 is 0 Å². The predicted octanol–water partition coefficient (Wildman–Crippen LogP) is 9.27. The fraction of sp³-hybridized carbons (Fsp3) is 0.469. The first kappa shape index (κ1) is 38.3. The van der Waals surface area contributed by atoms with Crippen LogP contribution in [0.4, 0.5) is 0 Å². The van der Waals surface area contributed by atoms with Crippen molar-refractivity contribution >= 4 is 33.8 Å². The highest BCUT2D eigenvalue weighted by atomic mass is 32.1. The first-order valence-corrected chi connectivity index (χ1v) is 21.5. The lowest BCUT2D eigenvalue weighted by Gasteiger charge is -2.71. The van der Waals surface area contributed by atoms with Gasteiger partial charge in [-0.2, -0.15) is 0 Å². The zero-order valence-corrected chi connectivity index (χ0v) is 34.7. The summed E-state index contributed by atoms with van der Waals surface area (Å²) in [6, 6.07) is 24.1. The highest BCUT2D eigenvalue weighted by Gasteiger charge is 2.74. The van der Waals surface area contributed by atoms with Gasteiger partial charge in [-0.15, -0.1) is 11.3 Å². The number of aryl methyl sites for hydroxylation is 1. The van der Waals surface area contributed by atoms with Crippen LogP contribution in [0, 0.1) is 40.4 Å². The number of nitrogens with zero attached hydrogens (tertiary/aromatic N) is 1. The van der Waals surface area contributed by atoms with Crippen molar-refractivity contribution < 1.29 is 29.3 Å². The first-order valence-electron chi connectivity index (χ1n) is 20.7. The monoisotopic (exact) mass is 785 g/mol. The number of carbonyl (C=O) groups is 2. The molecule has 8 atom stereocenters. The van der Waals surface area contributed by atoms with Crippen LogP contribution in [0.3, 0.4) is 0 Å². The number of hydrogen-bond acceptors (Lipinski definition) is 7. The molecule has 1 unspecified atom stereocenters. The third kappa shape index (κ3) is 5.64. The van der Waals surface area contributed by atoms with E-state index < -0.39 is 22.5 Å². The van der Waals surface area contributed by atoms with Crippen molar-refractivity contribution in [2.75, 3.05) is 20.8 Å². The Morgan fingerprint density at radius 3 is 2.37 bits per heavy atom. The molecule has 4 aromatic rings. The molecule has 7 nitrogen and oxygen atoms in total. The lowest BCUT2D eigenvalue weighted by Crippen LogP contribution is -2.67. The molecule has 1 heterocycles. The number of rotatable bonds is 10. The molecule has 1 amide bonds. The molecule has 2 N–H and O–H groups in total. The molecule has 3 aromatic carbocycles. The van der Waals surface area contributed by atoms with Gasteiger partial charge in [0.15, 0.2) is 17.3 Å². The lowest BCUT2D eigenvalue weighted by molar-refractivity contribution is -0.178. The number of methoxy groups -OCH3 is 2. The van der Waals surface area contributed by atoms with Gasteiger partial charge in [-0.25, -0.2) is 0 Å². The summed E-state index contributed by atoms with van der Waals surface area (Å²) in [7, 11) is 3.20. The summed E-state index contributed by atoms with van der Waals surface area (Å²) < 4.78 is 11.1. The van der Waals surface area contributed by atoms with Crippen molar-refractivity contribution in [1.82, 2.24) is 4.90 Å². The number of hydrogen-bond donors (Lipinski definition) is 2. The van der Waals surface area contributed by atoms with Crippen LogP contribution in [-0.4, -0.2) is 59.3 Å². The molecular weight excluding hydrogens is 731 g/mol. The van der Waals surface area contributed by atoms with Gasteiger partial charge in [0.2, 0.25) is 5.91 Å². The number of ketones is 1. The topological polar surface area (TPSA) is 96.3 Å². The van der Waals surface area contributed by atoms with E-state index in [9.17, 15) is 19.8 Å². The van der Waals surface area contributed by atoms with E-state index in [0.717, 1.165) is 69.3 Å². The van der Waals surface area contributed by atoms with E-state index in [0.29, 0.717) is 30.9 Å². The summed E-state index contributed by atoms with van der Waals surface area (Å²) in [5.41, 5.74) is -0.142. The van der Waals surface area contributed by atoms with Gasteiger partial charge in [0.05, 0.1) is 43.8 Å². The van der Waals surface area contributed by atoms with Gasteiger partial charge >= 0.3 is 0 Å². The van der Waals surface area contributed by atoms with Crippen LogP contribution in [0.2, 0.25) is 0 Å². The average Bonchev–Trinajstić information content (AvgIpc) is 3.76. The third-order valence-electron chi connectivity index (χ3n) is 15.8. The van der Waals surface area contributed by atoms with E-state index in [2.05, 4.69) is 56.3 Å². The van der Waals surface area contributed by atoms with E-state index in [1.165, 1.54) is 0 Å². The fourth-order valence-electron chi connectivity index (χ4n) is 12.7. The maximum Gasteiger partial charge on any atom is 0.227 e. The lowest BCUT2D eigenvalue weighted by atomic mass is 9.32. The van der Waals surface area contributed by atoms with E-state index in [1.807, 2.05) is 60.4 Å². The van der Waals surface area contributed by atoms with Crippen LogP contribution in [0.1, 0.15) is 84.5 Å². The minimum Gasteiger partial charge on any atom is -0.493 e. The molecular formula is C49H55NO6S. The zero-order valence-electron chi connectivity index (χ0n) is 33.8. The second-order valence-electron chi connectivity index (χ2n) is 18.3. The Labute approximate surface area is 340 Å². The second kappa shape index (κ2) is 13.7. The van der Waals surface area contributed by atoms with Crippen molar-refractivity contribution in [1.29, 1.82) is 0 Å². The third-order valence-corrected chi connectivity index (χ3v) is 16.8. The van der Waals surface area contributed by atoms with Gasteiger partial charge in [-0.05, 0) is 115 Å². The Kier molecular flexibility index (Phi) is 9.18. The molecule has 3 fully saturated rings. The van der Waals surface area contributed by atoms with Crippen LogP contribution < -0.4 is 9.47 Å². The number of ether oxygens (including phenoxy) is 2. The molecule has 298 valence electrons. The number of amides is 1. The van der Waals surface area contributed by atoms with Crippen LogP contribution in [0.15, 0.2) is 96.6 Å².